The summed E-state index contributed by atoms with van der Waals surface area (Å²) in [6.45, 7) is 4.76. The third kappa shape index (κ3) is 4.13. The number of carbonyl (C=O) groups excluding carboxylic acids is 1. The number of rotatable bonds is 5. The average Bonchev–Trinajstić information content (AvgIpc) is 2.99. The van der Waals surface area contributed by atoms with Crippen LogP contribution in [0.2, 0.25) is 0 Å². The van der Waals surface area contributed by atoms with Crippen molar-refractivity contribution in [2.24, 2.45) is 0 Å². The SMILES string of the molecule is Cc1nc(-c2ccc(S(=O)(=O)NCC(=O)N3CCCCC3)cc2)c(C)o1. The molecule has 140 valence electrons. The fourth-order valence-electron chi connectivity index (χ4n) is 3.08. The van der Waals surface area contributed by atoms with Gasteiger partial charge in [0.15, 0.2) is 5.89 Å². The van der Waals surface area contributed by atoms with Crippen molar-refractivity contribution in [3.63, 3.8) is 0 Å². The minimum atomic E-state index is -3.74. The van der Waals surface area contributed by atoms with Gasteiger partial charge in [-0.15, -0.1) is 0 Å². The molecule has 8 heteroatoms. The summed E-state index contributed by atoms with van der Waals surface area (Å²) in [4.78, 5) is 18.3. The summed E-state index contributed by atoms with van der Waals surface area (Å²) >= 11 is 0. The fourth-order valence-corrected chi connectivity index (χ4v) is 4.06. The first-order valence-electron chi connectivity index (χ1n) is 8.69. The van der Waals surface area contributed by atoms with Crippen LogP contribution in [0.25, 0.3) is 11.3 Å². The summed E-state index contributed by atoms with van der Waals surface area (Å²) in [6.07, 6.45) is 3.06. The predicted octanol–water partition coefficient (Wildman–Crippen LogP) is 2.25. The minimum absolute atomic E-state index is 0.116. The van der Waals surface area contributed by atoms with Crippen LogP contribution < -0.4 is 4.72 Å². The molecular formula is C18H23N3O4S. The van der Waals surface area contributed by atoms with E-state index in [0.717, 1.165) is 24.8 Å². The Hall–Kier alpha value is -2.19. The molecule has 0 aliphatic carbocycles. The zero-order chi connectivity index (χ0) is 18.7. The van der Waals surface area contributed by atoms with Crippen molar-refractivity contribution >= 4 is 15.9 Å². The number of hydrogen-bond donors (Lipinski definition) is 1. The highest BCUT2D eigenvalue weighted by molar-refractivity contribution is 7.89. The lowest BCUT2D eigenvalue weighted by Crippen LogP contribution is -2.42. The number of aryl methyl sites for hydroxylation is 2. The van der Waals surface area contributed by atoms with Crippen LogP contribution in [0.15, 0.2) is 33.6 Å². The van der Waals surface area contributed by atoms with Crippen LogP contribution in [0.3, 0.4) is 0 Å². The Bertz CT molecular complexity index is 882. The molecular weight excluding hydrogens is 354 g/mol. The van der Waals surface area contributed by atoms with Gasteiger partial charge in [-0.1, -0.05) is 12.1 Å². The van der Waals surface area contributed by atoms with Crippen LogP contribution in [-0.4, -0.2) is 43.8 Å². The third-order valence-electron chi connectivity index (χ3n) is 4.46. The number of oxazole rings is 1. The Morgan fingerprint density at radius 2 is 1.81 bits per heavy atom. The highest BCUT2D eigenvalue weighted by Crippen LogP contribution is 2.24. The number of carbonyl (C=O) groups is 1. The van der Waals surface area contributed by atoms with Crippen molar-refractivity contribution < 1.29 is 17.6 Å². The zero-order valence-corrected chi connectivity index (χ0v) is 15.8. The molecule has 0 spiro atoms. The second-order valence-electron chi connectivity index (χ2n) is 6.43. The monoisotopic (exact) mass is 377 g/mol. The van der Waals surface area contributed by atoms with Crippen LogP contribution in [0.1, 0.15) is 30.9 Å². The first-order chi connectivity index (χ1) is 12.4. The maximum atomic E-state index is 12.4. The predicted molar refractivity (Wildman–Crippen MR) is 97.0 cm³/mol. The van der Waals surface area contributed by atoms with Gasteiger partial charge in [0.25, 0.3) is 0 Å². The van der Waals surface area contributed by atoms with Crippen LogP contribution in [0, 0.1) is 13.8 Å². The van der Waals surface area contributed by atoms with Crippen molar-refractivity contribution in [2.45, 2.75) is 38.0 Å². The summed E-state index contributed by atoms with van der Waals surface area (Å²) in [6, 6.07) is 6.38. The van der Waals surface area contributed by atoms with Gasteiger partial charge in [-0.3, -0.25) is 4.79 Å². The molecule has 26 heavy (non-hydrogen) atoms. The number of sulfonamides is 1. The summed E-state index contributed by atoms with van der Waals surface area (Å²) in [5, 5.41) is 0. The van der Waals surface area contributed by atoms with Gasteiger partial charge in [0.05, 0.1) is 11.4 Å². The van der Waals surface area contributed by atoms with Gasteiger partial charge in [0.2, 0.25) is 15.9 Å². The number of amides is 1. The summed E-state index contributed by atoms with van der Waals surface area (Å²) in [7, 11) is -3.74. The Kier molecular flexibility index (Phi) is 5.43. The van der Waals surface area contributed by atoms with E-state index in [1.165, 1.54) is 12.1 Å². The smallest absolute Gasteiger partial charge is 0.241 e. The van der Waals surface area contributed by atoms with Gasteiger partial charge in [0.1, 0.15) is 11.5 Å². The molecule has 1 fully saturated rings. The molecule has 3 rings (SSSR count). The fraction of sp³-hybridized carbons (Fsp3) is 0.444. The Labute approximate surface area is 153 Å². The number of piperidine rings is 1. The maximum Gasteiger partial charge on any atom is 0.241 e. The van der Waals surface area contributed by atoms with Crippen molar-refractivity contribution in [2.75, 3.05) is 19.6 Å². The van der Waals surface area contributed by atoms with Crippen molar-refractivity contribution in [1.29, 1.82) is 0 Å². The van der Waals surface area contributed by atoms with E-state index in [1.54, 1.807) is 24.0 Å². The standard InChI is InChI=1S/C18H23N3O4S/c1-13-18(20-14(2)25-13)15-6-8-16(9-7-15)26(23,24)19-12-17(22)21-10-4-3-5-11-21/h6-9,19H,3-5,10-12H2,1-2H3. The number of benzene rings is 1. The molecule has 2 aromatic rings. The van der Waals surface area contributed by atoms with Crippen LogP contribution in [0.4, 0.5) is 0 Å². The lowest BCUT2D eigenvalue weighted by atomic mass is 10.1. The van der Waals surface area contributed by atoms with E-state index >= 15 is 0 Å². The topological polar surface area (TPSA) is 92.5 Å². The van der Waals surface area contributed by atoms with Gasteiger partial charge in [-0.25, -0.2) is 18.1 Å². The van der Waals surface area contributed by atoms with Gasteiger partial charge in [0, 0.05) is 25.6 Å². The molecule has 0 saturated carbocycles. The number of hydrogen-bond acceptors (Lipinski definition) is 5. The molecule has 1 aromatic heterocycles. The maximum absolute atomic E-state index is 12.4. The Morgan fingerprint density at radius 1 is 1.15 bits per heavy atom. The molecule has 0 atom stereocenters. The number of nitrogens with zero attached hydrogens (tertiary/aromatic N) is 2. The average molecular weight is 377 g/mol. The molecule has 2 heterocycles. The minimum Gasteiger partial charge on any atom is -0.446 e. The van der Waals surface area contributed by atoms with E-state index in [2.05, 4.69) is 9.71 Å². The molecule has 1 saturated heterocycles. The molecule has 1 aliphatic heterocycles. The molecule has 1 amide bonds. The van der Waals surface area contributed by atoms with E-state index in [-0.39, 0.29) is 17.3 Å². The molecule has 0 unspecified atom stereocenters. The molecule has 1 aromatic carbocycles. The summed E-state index contributed by atoms with van der Waals surface area (Å²) in [5.41, 5.74) is 1.47. The molecule has 0 radical (unpaired) electrons. The van der Waals surface area contributed by atoms with Gasteiger partial charge in [-0.05, 0) is 38.3 Å². The second-order valence-corrected chi connectivity index (χ2v) is 8.20. The van der Waals surface area contributed by atoms with E-state index in [1.807, 2.05) is 6.92 Å². The summed E-state index contributed by atoms with van der Waals surface area (Å²) < 4.78 is 32.6. The number of nitrogens with one attached hydrogen (secondary N) is 1. The summed E-state index contributed by atoms with van der Waals surface area (Å²) in [5.74, 6) is 1.06. The Morgan fingerprint density at radius 3 is 2.38 bits per heavy atom. The lowest BCUT2D eigenvalue weighted by Gasteiger charge is -2.26. The highest BCUT2D eigenvalue weighted by Gasteiger charge is 2.20. The van der Waals surface area contributed by atoms with E-state index in [9.17, 15) is 13.2 Å². The highest BCUT2D eigenvalue weighted by atomic mass is 32.2. The van der Waals surface area contributed by atoms with Crippen molar-refractivity contribution in [1.82, 2.24) is 14.6 Å². The van der Waals surface area contributed by atoms with E-state index in [0.29, 0.717) is 30.4 Å². The first kappa shape index (κ1) is 18.6. The lowest BCUT2D eigenvalue weighted by molar-refractivity contribution is -0.130. The van der Waals surface area contributed by atoms with Gasteiger partial charge in [-0.2, -0.15) is 0 Å². The quantitative estimate of drug-likeness (QED) is 0.863. The van der Waals surface area contributed by atoms with Gasteiger partial charge < -0.3 is 9.32 Å². The first-order valence-corrected chi connectivity index (χ1v) is 10.2. The van der Waals surface area contributed by atoms with Crippen molar-refractivity contribution in [3.05, 3.63) is 35.9 Å². The Balaban J connectivity index is 1.67. The van der Waals surface area contributed by atoms with Crippen LogP contribution >= 0.6 is 0 Å². The van der Waals surface area contributed by atoms with E-state index in [4.69, 9.17) is 4.42 Å². The van der Waals surface area contributed by atoms with Crippen molar-refractivity contribution in [3.8, 4) is 11.3 Å². The van der Waals surface area contributed by atoms with Crippen LogP contribution in [0.5, 0.6) is 0 Å². The normalized spacial score (nSPS) is 15.2. The number of aromatic nitrogens is 1. The molecule has 0 bridgehead atoms. The molecule has 7 nitrogen and oxygen atoms in total. The van der Waals surface area contributed by atoms with Crippen LogP contribution in [-0.2, 0) is 14.8 Å². The van der Waals surface area contributed by atoms with Gasteiger partial charge >= 0.3 is 0 Å². The zero-order valence-electron chi connectivity index (χ0n) is 15.0. The largest absolute Gasteiger partial charge is 0.446 e. The van der Waals surface area contributed by atoms with E-state index < -0.39 is 10.0 Å². The number of likely N-dealkylation sites (tertiary alicyclic amines) is 1. The third-order valence-corrected chi connectivity index (χ3v) is 5.88. The molecule has 1 N–H and O–H groups in total. The second kappa shape index (κ2) is 7.59. The molecule has 1 aliphatic rings.